The van der Waals surface area contributed by atoms with Crippen LogP contribution in [0.2, 0.25) is 0 Å². The minimum absolute atomic E-state index is 0.0737. The highest BCUT2D eigenvalue weighted by atomic mass is 16.5. The monoisotopic (exact) mass is 236 g/mol. The standard InChI is InChI=1S/C13H20N2O2/c1-2-11-3-5-12(6-4-11)9-15-13(16)10-17-8-7-14/h3-6H,2,7-10,14H2,1H3,(H,15,16). The van der Waals surface area contributed by atoms with E-state index in [1.165, 1.54) is 5.56 Å². The van der Waals surface area contributed by atoms with Crippen LogP contribution >= 0.6 is 0 Å². The third-order valence-corrected chi connectivity index (χ3v) is 2.42. The molecule has 0 aliphatic heterocycles. The molecule has 0 aromatic heterocycles. The Morgan fingerprint density at radius 3 is 2.53 bits per heavy atom. The Balaban J connectivity index is 2.27. The molecule has 1 aromatic rings. The van der Waals surface area contributed by atoms with Crippen LogP contribution in [0.25, 0.3) is 0 Å². The number of hydrogen-bond donors (Lipinski definition) is 2. The van der Waals surface area contributed by atoms with Gasteiger partial charge in [-0.15, -0.1) is 0 Å². The summed E-state index contributed by atoms with van der Waals surface area (Å²) < 4.78 is 5.03. The van der Waals surface area contributed by atoms with Gasteiger partial charge in [-0.2, -0.15) is 0 Å². The molecular weight excluding hydrogens is 216 g/mol. The van der Waals surface area contributed by atoms with Crippen LogP contribution in [0.4, 0.5) is 0 Å². The summed E-state index contributed by atoms with van der Waals surface area (Å²) in [5, 5.41) is 2.79. The quantitative estimate of drug-likeness (QED) is 0.690. The summed E-state index contributed by atoms with van der Waals surface area (Å²) >= 11 is 0. The van der Waals surface area contributed by atoms with Gasteiger partial charge in [0.1, 0.15) is 6.61 Å². The molecule has 17 heavy (non-hydrogen) atoms. The first-order chi connectivity index (χ1) is 8.26. The molecule has 0 unspecified atom stereocenters. The van der Waals surface area contributed by atoms with E-state index < -0.39 is 0 Å². The van der Waals surface area contributed by atoms with Crippen molar-refractivity contribution in [3.05, 3.63) is 35.4 Å². The Bertz CT molecular complexity index is 336. The molecule has 0 saturated heterocycles. The molecule has 0 heterocycles. The van der Waals surface area contributed by atoms with Gasteiger partial charge in [-0.05, 0) is 17.5 Å². The van der Waals surface area contributed by atoms with Crippen molar-refractivity contribution in [3.8, 4) is 0 Å². The molecule has 0 aliphatic rings. The summed E-state index contributed by atoms with van der Waals surface area (Å²) in [6, 6.07) is 8.21. The predicted octanol–water partition coefficient (Wildman–Crippen LogP) is 0.841. The van der Waals surface area contributed by atoms with E-state index in [0.717, 1.165) is 12.0 Å². The average Bonchev–Trinajstić information content (AvgIpc) is 2.37. The molecule has 1 aromatic carbocycles. The third-order valence-electron chi connectivity index (χ3n) is 2.42. The van der Waals surface area contributed by atoms with Gasteiger partial charge in [-0.3, -0.25) is 4.79 Å². The van der Waals surface area contributed by atoms with Gasteiger partial charge in [0.15, 0.2) is 0 Å². The summed E-state index contributed by atoms with van der Waals surface area (Å²) in [6.07, 6.45) is 1.03. The zero-order chi connectivity index (χ0) is 12.5. The first-order valence-electron chi connectivity index (χ1n) is 5.88. The first-order valence-corrected chi connectivity index (χ1v) is 5.88. The Morgan fingerprint density at radius 1 is 1.29 bits per heavy atom. The number of hydrogen-bond acceptors (Lipinski definition) is 3. The molecule has 4 nitrogen and oxygen atoms in total. The number of nitrogens with two attached hydrogens (primary N) is 1. The maximum Gasteiger partial charge on any atom is 0.246 e. The molecule has 0 spiro atoms. The van der Waals surface area contributed by atoms with Crippen LogP contribution in [0, 0.1) is 0 Å². The van der Waals surface area contributed by atoms with E-state index in [9.17, 15) is 4.79 Å². The number of nitrogens with one attached hydrogen (secondary N) is 1. The van der Waals surface area contributed by atoms with Gasteiger partial charge in [0.05, 0.1) is 6.61 Å². The average molecular weight is 236 g/mol. The van der Waals surface area contributed by atoms with Crippen molar-refractivity contribution in [1.82, 2.24) is 5.32 Å². The Labute approximate surface area is 102 Å². The van der Waals surface area contributed by atoms with Crippen molar-refractivity contribution in [2.24, 2.45) is 5.73 Å². The minimum Gasteiger partial charge on any atom is -0.370 e. The van der Waals surface area contributed by atoms with Crippen molar-refractivity contribution in [1.29, 1.82) is 0 Å². The van der Waals surface area contributed by atoms with E-state index in [1.807, 2.05) is 12.1 Å². The van der Waals surface area contributed by atoms with Gasteiger partial charge in [0.2, 0.25) is 5.91 Å². The summed E-state index contributed by atoms with van der Waals surface area (Å²) in [5.74, 6) is -0.113. The van der Waals surface area contributed by atoms with Crippen molar-refractivity contribution >= 4 is 5.91 Å². The van der Waals surface area contributed by atoms with E-state index in [-0.39, 0.29) is 12.5 Å². The highest BCUT2D eigenvalue weighted by molar-refractivity contribution is 5.77. The van der Waals surface area contributed by atoms with Crippen molar-refractivity contribution < 1.29 is 9.53 Å². The van der Waals surface area contributed by atoms with E-state index >= 15 is 0 Å². The molecule has 0 bridgehead atoms. The number of rotatable bonds is 7. The highest BCUT2D eigenvalue weighted by Gasteiger charge is 2.00. The van der Waals surface area contributed by atoms with Crippen LogP contribution in [0.1, 0.15) is 18.1 Å². The fraction of sp³-hybridized carbons (Fsp3) is 0.462. The molecule has 0 fully saturated rings. The number of carbonyl (C=O) groups is 1. The molecule has 0 aliphatic carbocycles. The summed E-state index contributed by atoms with van der Waals surface area (Å²) in [6.45, 7) is 3.58. The number of aryl methyl sites for hydroxylation is 1. The molecule has 94 valence electrons. The normalized spacial score (nSPS) is 10.2. The molecule has 0 radical (unpaired) electrons. The van der Waals surface area contributed by atoms with Crippen molar-refractivity contribution in [3.63, 3.8) is 0 Å². The van der Waals surface area contributed by atoms with Gasteiger partial charge >= 0.3 is 0 Å². The van der Waals surface area contributed by atoms with Crippen molar-refractivity contribution in [2.75, 3.05) is 19.8 Å². The van der Waals surface area contributed by atoms with Crippen LogP contribution < -0.4 is 11.1 Å². The molecular formula is C13H20N2O2. The number of ether oxygens (including phenoxy) is 1. The van der Waals surface area contributed by atoms with Crippen LogP contribution in [0.3, 0.4) is 0 Å². The molecule has 0 atom stereocenters. The number of carbonyl (C=O) groups excluding carboxylic acids is 1. The lowest BCUT2D eigenvalue weighted by molar-refractivity contribution is -0.125. The zero-order valence-electron chi connectivity index (χ0n) is 10.2. The van der Waals surface area contributed by atoms with Gasteiger partial charge in [-0.1, -0.05) is 31.2 Å². The molecule has 0 saturated carbocycles. The Morgan fingerprint density at radius 2 is 1.94 bits per heavy atom. The maximum atomic E-state index is 11.3. The van der Waals surface area contributed by atoms with E-state index in [4.69, 9.17) is 10.5 Å². The van der Waals surface area contributed by atoms with E-state index in [1.54, 1.807) is 0 Å². The van der Waals surface area contributed by atoms with E-state index in [2.05, 4.69) is 24.4 Å². The number of benzene rings is 1. The lowest BCUT2D eigenvalue weighted by Crippen LogP contribution is -2.28. The fourth-order valence-corrected chi connectivity index (χ4v) is 1.39. The molecule has 1 rings (SSSR count). The van der Waals surface area contributed by atoms with Gasteiger partial charge in [0.25, 0.3) is 0 Å². The fourth-order valence-electron chi connectivity index (χ4n) is 1.39. The summed E-state index contributed by atoms with van der Waals surface area (Å²) in [4.78, 5) is 11.3. The molecule has 4 heteroatoms. The summed E-state index contributed by atoms with van der Waals surface area (Å²) in [7, 11) is 0. The van der Waals surface area contributed by atoms with E-state index in [0.29, 0.717) is 19.7 Å². The van der Waals surface area contributed by atoms with Gasteiger partial charge in [0, 0.05) is 13.1 Å². The van der Waals surface area contributed by atoms with Gasteiger partial charge in [-0.25, -0.2) is 0 Å². The number of amides is 1. The largest absolute Gasteiger partial charge is 0.370 e. The first kappa shape index (κ1) is 13.7. The lowest BCUT2D eigenvalue weighted by atomic mass is 10.1. The molecule has 1 amide bonds. The second-order valence-corrected chi connectivity index (χ2v) is 3.79. The van der Waals surface area contributed by atoms with Crippen LogP contribution in [0.15, 0.2) is 24.3 Å². The topological polar surface area (TPSA) is 64.3 Å². The van der Waals surface area contributed by atoms with Crippen LogP contribution in [0.5, 0.6) is 0 Å². The Hall–Kier alpha value is -1.39. The second kappa shape index (κ2) is 7.81. The van der Waals surface area contributed by atoms with Gasteiger partial charge < -0.3 is 15.8 Å². The lowest BCUT2D eigenvalue weighted by Gasteiger charge is -2.06. The molecule has 3 N–H and O–H groups in total. The second-order valence-electron chi connectivity index (χ2n) is 3.79. The Kier molecular flexibility index (Phi) is 6.29. The van der Waals surface area contributed by atoms with Crippen LogP contribution in [-0.4, -0.2) is 25.7 Å². The smallest absolute Gasteiger partial charge is 0.246 e. The third kappa shape index (κ3) is 5.47. The highest BCUT2D eigenvalue weighted by Crippen LogP contribution is 2.04. The maximum absolute atomic E-state index is 11.3. The SMILES string of the molecule is CCc1ccc(CNC(=O)COCCN)cc1. The van der Waals surface area contributed by atoms with Crippen molar-refractivity contribution in [2.45, 2.75) is 19.9 Å². The van der Waals surface area contributed by atoms with Crippen LogP contribution in [-0.2, 0) is 22.5 Å². The predicted molar refractivity (Wildman–Crippen MR) is 67.5 cm³/mol. The summed E-state index contributed by atoms with van der Waals surface area (Å²) in [5.41, 5.74) is 7.64. The minimum atomic E-state index is -0.113. The zero-order valence-corrected chi connectivity index (χ0v) is 10.2.